The molecular formula is C22H23ClN2. The fourth-order valence-electron chi connectivity index (χ4n) is 3.86. The van der Waals surface area contributed by atoms with Crippen molar-refractivity contribution in [2.75, 3.05) is 23.7 Å². The van der Waals surface area contributed by atoms with Crippen LogP contribution in [0.5, 0.6) is 0 Å². The summed E-state index contributed by atoms with van der Waals surface area (Å²) >= 11 is 6.36. The molecule has 1 fully saturated rings. The minimum atomic E-state index is 0.722. The van der Waals surface area contributed by atoms with Crippen LogP contribution in [0, 0.1) is 5.92 Å². The van der Waals surface area contributed by atoms with E-state index in [9.17, 15) is 0 Å². The van der Waals surface area contributed by atoms with E-state index < -0.39 is 0 Å². The summed E-state index contributed by atoms with van der Waals surface area (Å²) in [5.74, 6) is 0.741. The Morgan fingerprint density at radius 3 is 2.44 bits per heavy atom. The van der Waals surface area contributed by atoms with Crippen LogP contribution in [-0.4, -0.2) is 13.1 Å². The van der Waals surface area contributed by atoms with Crippen LogP contribution in [-0.2, 0) is 6.42 Å². The number of nitrogens with zero attached hydrogens (tertiary/aromatic N) is 1. The topological polar surface area (TPSA) is 29.3 Å². The summed E-state index contributed by atoms with van der Waals surface area (Å²) in [6.07, 6.45) is 3.56. The second kappa shape index (κ2) is 6.97. The number of fused-ring (bicyclic) bond motifs is 1. The molecule has 0 amide bonds. The smallest absolute Gasteiger partial charge is 0.0660 e. The zero-order chi connectivity index (χ0) is 17.2. The molecule has 0 unspecified atom stereocenters. The first-order chi connectivity index (χ1) is 12.2. The molecule has 0 spiro atoms. The molecule has 128 valence electrons. The number of piperidine rings is 1. The molecular weight excluding hydrogens is 328 g/mol. The Labute approximate surface area is 154 Å². The van der Waals surface area contributed by atoms with Crippen molar-refractivity contribution in [3.8, 4) is 0 Å². The number of halogens is 1. The molecule has 0 atom stereocenters. The number of benzene rings is 3. The van der Waals surface area contributed by atoms with E-state index in [0.717, 1.165) is 41.8 Å². The maximum absolute atomic E-state index is 6.36. The lowest BCUT2D eigenvalue weighted by Crippen LogP contribution is -2.34. The van der Waals surface area contributed by atoms with Crippen molar-refractivity contribution in [2.24, 2.45) is 5.92 Å². The van der Waals surface area contributed by atoms with Crippen LogP contribution in [0.25, 0.3) is 10.8 Å². The lowest BCUT2D eigenvalue weighted by molar-refractivity contribution is 0.404. The molecule has 0 radical (unpaired) electrons. The first-order valence-electron chi connectivity index (χ1n) is 8.97. The molecule has 2 nitrogen and oxygen atoms in total. The van der Waals surface area contributed by atoms with Gasteiger partial charge in [-0.3, -0.25) is 0 Å². The highest BCUT2D eigenvalue weighted by atomic mass is 35.5. The number of nitrogen functional groups attached to an aromatic ring is 1. The molecule has 0 aliphatic carbocycles. The van der Waals surface area contributed by atoms with E-state index in [0.29, 0.717) is 0 Å². The molecule has 1 aliphatic heterocycles. The highest BCUT2D eigenvalue weighted by Crippen LogP contribution is 2.32. The van der Waals surface area contributed by atoms with Crippen LogP contribution in [0.2, 0.25) is 5.02 Å². The Kier molecular flexibility index (Phi) is 4.54. The lowest BCUT2D eigenvalue weighted by atomic mass is 9.89. The largest absolute Gasteiger partial charge is 0.399 e. The van der Waals surface area contributed by atoms with Crippen LogP contribution in [0.1, 0.15) is 18.4 Å². The molecule has 2 N–H and O–H groups in total. The molecule has 1 heterocycles. The van der Waals surface area contributed by atoms with E-state index in [1.165, 1.54) is 29.2 Å². The quantitative estimate of drug-likeness (QED) is 0.629. The average Bonchev–Trinajstić information content (AvgIpc) is 2.63. The molecule has 25 heavy (non-hydrogen) atoms. The monoisotopic (exact) mass is 350 g/mol. The summed E-state index contributed by atoms with van der Waals surface area (Å²) in [6.45, 7) is 2.11. The summed E-state index contributed by atoms with van der Waals surface area (Å²) in [5, 5.41) is 3.41. The van der Waals surface area contributed by atoms with E-state index in [1.807, 2.05) is 18.2 Å². The van der Waals surface area contributed by atoms with Gasteiger partial charge in [0.15, 0.2) is 0 Å². The van der Waals surface area contributed by atoms with Crippen molar-refractivity contribution in [1.29, 1.82) is 0 Å². The van der Waals surface area contributed by atoms with Crippen molar-refractivity contribution in [3.63, 3.8) is 0 Å². The minimum absolute atomic E-state index is 0.722. The highest BCUT2D eigenvalue weighted by molar-refractivity contribution is 6.33. The van der Waals surface area contributed by atoms with Gasteiger partial charge in [0.05, 0.1) is 10.7 Å². The maximum Gasteiger partial charge on any atom is 0.0660 e. The molecule has 1 saturated heterocycles. The maximum atomic E-state index is 6.36. The molecule has 0 aromatic heterocycles. The fourth-order valence-corrected chi connectivity index (χ4v) is 4.17. The van der Waals surface area contributed by atoms with Crippen LogP contribution in [0.4, 0.5) is 11.4 Å². The molecule has 3 aromatic carbocycles. The predicted molar refractivity (Wildman–Crippen MR) is 108 cm³/mol. The number of hydrogen-bond donors (Lipinski definition) is 1. The zero-order valence-corrected chi connectivity index (χ0v) is 15.0. The summed E-state index contributed by atoms with van der Waals surface area (Å²) < 4.78 is 0. The number of nitrogens with two attached hydrogens (primary N) is 1. The third-order valence-electron chi connectivity index (χ3n) is 5.27. The summed E-state index contributed by atoms with van der Waals surface area (Å²) in [4.78, 5) is 2.39. The fraction of sp³-hybridized carbons (Fsp3) is 0.273. The number of rotatable bonds is 3. The van der Waals surface area contributed by atoms with Gasteiger partial charge in [-0.1, -0.05) is 54.1 Å². The Hall–Kier alpha value is -2.19. The second-order valence-corrected chi connectivity index (χ2v) is 7.43. The molecule has 3 aromatic rings. The number of anilines is 2. The zero-order valence-electron chi connectivity index (χ0n) is 14.3. The van der Waals surface area contributed by atoms with E-state index >= 15 is 0 Å². The van der Waals surface area contributed by atoms with Gasteiger partial charge >= 0.3 is 0 Å². The standard InChI is InChI=1S/C22H23ClN2/c23-21-15-20(24)7-8-22(21)25-11-9-16(10-12-25)13-17-5-6-18-3-1-2-4-19(18)14-17/h1-8,14-16H,9-13,24H2. The van der Waals surface area contributed by atoms with Gasteiger partial charge in [-0.05, 0) is 59.7 Å². The normalized spacial score (nSPS) is 15.6. The van der Waals surface area contributed by atoms with Gasteiger partial charge in [0.25, 0.3) is 0 Å². The Bertz CT molecular complexity index is 882. The summed E-state index contributed by atoms with van der Waals surface area (Å²) in [7, 11) is 0. The van der Waals surface area contributed by atoms with Gasteiger partial charge < -0.3 is 10.6 Å². The van der Waals surface area contributed by atoms with E-state index in [-0.39, 0.29) is 0 Å². The van der Waals surface area contributed by atoms with Gasteiger partial charge in [-0.2, -0.15) is 0 Å². The van der Waals surface area contributed by atoms with Crippen molar-refractivity contribution in [1.82, 2.24) is 0 Å². The lowest BCUT2D eigenvalue weighted by Gasteiger charge is -2.34. The molecule has 0 saturated carbocycles. The van der Waals surface area contributed by atoms with E-state index in [2.05, 4.69) is 47.4 Å². The van der Waals surface area contributed by atoms with Crippen molar-refractivity contribution < 1.29 is 0 Å². The third-order valence-corrected chi connectivity index (χ3v) is 5.57. The first kappa shape index (κ1) is 16.3. The summed E-state index contributed by atoms with van der Waals surface area (Å²) in [6, 6.07) is 21.3. The van der Waals surface area contributed by atoms with Crippen LogP contribution >= 0.6 is 11.6 Å². The van der Waals surface area contributed by atoms with Crippen molar-refractivity contribution in [2.45, 2.75) is 19.3 Å². The molecule has 4 rings (SSSR count). The predicted octanol–water partition coefficient (Wildman–Crippen LogP) is 5.53. The van der Waals surface area contributed by atoms with Gasteiger partial charge in [0.1, 0.15) is 0 Å². The Morgan fingerprint density at radius 1 is 0.920 bits per heavy atom. The Balaban J connectivity index is 1.41. The van der Waals surface area contributed by atoms with Crippen LogP contribution in [0.3, 0.4) is 0 Å². The molecule has 3 heteroatoms. The van der Waals surface area contributed by atoms with Crippen molar-refractivity contribution >= 4 is 33.7 Å². The van der Waals surface area contributed by atoms with Gasteiger partial charge in [0, 0.05) is 18.8 Å². The third kappa shape index (κ3) is 3.59. The van der Waals surface area contributed by atoms with Crippen LogP contribution < -0.4 is 10.6 Å². The SMILES string of the molecule is Nc1ccc(N2CCC(Cc3ccc4ccccc4c3)CC2)c(Cl)c1. The average molecular weight is 351 g/mol. The van der Waals surface area contributed by atoms with Gasteiger partial charge in [-0.15, -0.1) is 0 Å². The molecule has 1 aliphatic rings. The van der Waals surface area contributed by atoms with Gasteiger partial charge in [0.2, 0.25) is 0 Å². The van der Waals surface area contributed by atoms with Crippen LogP contribution in [0.15, 0.2) is 60.7 Å². The minimum Gasteiger partial charge on any atom is -0.399 e. The van der Waals surface area contributed by atoms with E-state index in [4.69, 9.17) is 17.3 Å². The highest BCUT2D eigenvalue weighted by Gasteiger charge is 2.21. The molecule has 0 bridgehead atoms. The van der Waals surface area contributed by atoms with Gasteiger partial charge in [-0.25, -0.2) is 0 Å². The van der Waals surface area contributed by atoms with E-state index in [1.54, 1.807) is 0 Å². The first-order valence-corrected chi connectivity index (χ1v) is 9.34. The van der Waals surface area contributed by atoms with Crippen molar-refractivity contribution in [3.05, 3.63) is 71.2 Å². The Morgan fingerprint density at radius 2 is 1.68 bits per heavy atom. The second-order valence-electron chi connectivity index (χ2n) is 7.03. The number of hydrogen-bond acceptors (Lipinski definition) is 2. The summed E-state index contributed by atoms with van der Waals surface area (Å²) in [5.41, 5.74) is 9.08.